The number of aryl methyl sites for hydroxylation is 1. The van der Waals surface area contributed by atoms with Crippen molar-refractivity contribution in [2.75, 3.05) is 6.54 Å². The van der Waals surface area contributed by atoms with Crippen molar-refractivity contribution >= 4 is 11.2 Å². The van der Waals surface area contributed by atoms with E-state index < -0.39 is 0 Å². The minimum Gasteiger partial charge on any atom is -0.335 e. The summed E-state index contributed by atoms with van der Waals surface area (Å²) in [6.45, 7) is 3.32. The van der Waals surface area contributed by atoms with E-state index in [0.717, 1.165) is 29.8 Å². The summed E-state index contributed by atoms with van der Waals surface area (Å²) in [6.07, 6.45) is 2.09. The molecule has 0 radical (unpaired) electrons. The number of aromatic nitrogens is 4. The van der Waals surface area contributed by atoms with Crippen molar-refractivity contribution in [3.63, 3.8) is 0 Å². The molecule has 19 heavy (non-hydrogen) atoms. The molecule has 1 unspecified atom stereocenters. The third-order valence-corrected chi connectivity index (χ3v) is 3.70. The number of H-pyrrole nitrogens is 1. The van der Waals surface area contributed by atoms with Crippen molar-refractivity contribution in [2.45, 2.75) is 32.4 Å². The Hall–Kier alpha value is -1.89. The normalized spacial score (nSPS) is 19.4. The number of aromatic amines is 1. The van der Waals surface area contributed by atoms with Gasteiger partial charge in [0.15, 0.2) is 5.65 Å². The smallest absolute Gasteiger partial charge is 0.332 e. The average Bonchev–Trinajstić information content (AvgIpc) is 3.05. The van der Waals surface area contributed by atoms with Gasteiger partial charge in [0.05, 0.1) is 6.04 Å². The average molecular weight is 263 g/mol. The molecule has 102 valence electrons. The number of rotatable bonds is 2. The van der Waals surface area contributed by atoms with Gasteiger partial charge in [0, 0.05) is 13.6 Å². The molecule has 7 nitrogen and oxygen atoms in total. The lowest BCUT2D eigenvalue weighted by Crippen LogP contribution is -2.37. The van der Waals surface area contributed by atoms with Gasteiger partial charge in [-0.1, -0.05) is 0 Å². The van der Waals surface area contributed by atoms with Crippen molar-refractivity contribution in [2.24, 2.45) is 7.05 Å². The van der Waals surface area contributed by atoms with Gasteiger partial charge in [-0.15, -0.1) is 0 Å². The largest absolute Gasteiger partial charge is 0.335 e. The van der Waals surface area contributed by atoms with Gasteiger partial charge in [-0.2, -0.15) is 0 Å². The van der Waals surface area contributed by atoms with E-state index in [9.17, 15) is 9.59 Å². The second-order valence-electron chi connectivity index (χ2n) is 4.86. The summed E-state index contributed by atoms with van der Waals surface area (Å²) >= 11 is 0. The minimum absolute atomic E-state index is 0.150. The molecule has 3 rings (SSSR count). The number of hydrogen-bond donors (Lipinski definition) is 2. The molecule has 0 saturated carbocycles. The Morgan fingerprint density at radius 1 is 1.42 bits per heavy atom. The first-order valence-corrected chi connectivity index (χ1v) is 6.56. The number of nitrogens with one attached hydrogen (secondary N) is 2. The maximum Gasteiger partial charge on any atom is 0.332 e. The minimum atomic E-state index is -0.322. The third-order valence-electron chi connectivity index (χ3n) is 3.70. The van der Waals surface area contributed by atoms with E-state index >= 15 is 0 Å². The van der Waals surface area contributed by atoms with Gasteiger partial charge >= 0.3 is 5.69 Å². The van der Waals surface area contributed by atoms with Crippen LogP contribution >= 0.6 is 0 Å². The fourth-order valence-corrected chi connectivity index (χ4v) is 2.62. The number of nitrogens with zero attached hydrogens (tertiary/aromatic N) is 3. The van der Waals surface area contributed by atoms with Gasteiger partial charge in [-0.3, -0.25) is 13.9 Å². The summed E-state index contributed by atoms with van der Waals surface area (Å²) in [6, 6.07) is 0.150. The van der Waals surface area contributed by atoms with Gasteiger partial charge in [0.25, 0.3) is 5.56 Å². The summed E-state index contributed by atoms with van der Waals surface area (Å²) in [7, 11) is 1.49. The molecule has 2 aromatic rings. The highest BCUT2D eigenvalue weighted by Gasteiger charge is 2.22. The van der Waals surface area contributed by atoms with E-state index in [1.165, 1.54) is 11.6 Å². The topological polar surface area (TPSA) is 84.7 Å². The molecule has 0 aliphatic carbocycles. The Bertz CT molecular complexity index is 733. The van der Waals surface area contributed by atoms with Crippen LogP contribution in [0.4, 0.5) is 0 Å². The Morgan fingerprint density at radius 2 is 2.21 bits per heavy atom. The van der Waals surface area contributed by atoms with Gasteiger partial charge in [0.2, 0.25) is 0 Å². The van der Waals surface area contributed by atoms with E-state index in [0.29, 0.717) is 17.7 Å². The summed E-state index contributed by atoms with van der Waals surface area (Å²) in [5.41, 5.74) is 0.228. The lowest BCUT2D eigenvalue weighted by molar-refractivity contribution is 0.612. The molecule has 0 aromatic carbocycles. The van der Waals surface area contributed by atoms with Gasteiger partial charge in [-0.05, 0) is 26.3 Å². The molecule has 1 fully saturated rings. The Balaban J connectivity index is 2.29. The summed E-state index contributed by atoms with van der Waals surface area (Å²) in [5.74, 6) is 0.748. The summed E-state index contributed by atoms with van der Waals surface area (Å²) < 4.78 is 2.64. The van der Waals surface area contributed by atoms with Crippen LogP contribution in [-0.4, -0.2) is 25.6 Å². The van der Waals surface area contributed by atoms with E-state index in [1.807, 2.05) is 6.92 Å². The Morgan fingerprint density at radius 3 is 2.84 bits per heavy atom. The highest BCUT2D eigenvalue weighted by atomic mass is 16.2. The van der Waals surface area contributed by atoms with E-state index in [-0.39, 0.29) is 17.3 Å². The molecule has 1 aliphatic rings. The van der Waals surface area contributed by atoms with Crippen LogP contribution in [0.2, 0.25) is 0 Å². The molecule has 1 atom stereocenters. The zero-order valence-electron chi connectivity index (χ0n) is 11.1. The molecule has 2 N–H and O–H groups in total. The summed E-state index contributed by atoms with van der Waals surface area (Å²) in [5, 5.41) is 3.33. The quantitative estimate of drug-likeness (QED) is 0.790. The van der Waals surface area contributed by atoms with E-state index in [1.54, 1.807) is 0 Å². The number of fused-ring (bicyclic) bond motifs is 1. The number of imidazole rings is 1. The van der Waals surface area contributed by atoms with E-state index in [2.05, 4.69) is 15.3 Å². The van der Waals surface area contributed by atoms with Crippen LogP contribution < -0.4 is 16.6 Å². The lowest BCUT2D eigenvalue weighted by atomic mass is 10.2. The van der Waals surface area contributed by atoms with Crippen molar-refractivity contribution in [1.82, 2.24) is 24.4 Å². The Labute approximate surface area is 109 Å². The molecule has 1 saturated heterocycles. The first-order valence-electron chi connectivity index (χ1n) is 6.56. The monoisotopic (exact) mass is 263 g/mol. The van der Waals surface area contributed by atoms with Crippen molar-refractivity contribution < 1.29 is 0 Å². The van der Waals surface area contributed by atoms with Gasteiger partial charge in [-0.25, -0.2) is 9.78 Å². The predicted molar refractivity (Wildman–Crippen MR) is 71.2 cm³/mol. The molecule has 0 amide bonds. The molecule has 3 heterocycles. The van der Waals surface area contributed by atoms with Crippen molar-refractivity contribution in [3.05, 3.63) is 26.7 Å². The van der Waals surface area contributed by atoms with Crippen molar-refractivity contribution in [1.29, 1.82) is 0 Å². The molecule has 1 aliphatic heterocycles. The first-order chi connectivity index (χ1) is 9.13. The highest BCUT2D eigenvalue weighted by Crippen LogP contribution is 2.21. The summed E-state index contributed by atoms with van der Waals surface area (Å²) in [4.78, 5) is 31.7. The zero-order chi connectivity index (χ0) is 13.6. The maximum atomic E-state index is 12.1. The highest BCUT2D eigenvalue weighted by molar-refractivity contribution is 5.70. The zero-order valence-corrected chi connectivity index (χ0v) is 11.1. The second kappa shape index (κ2) is 4.34. The van der Waals surface area contributed by atoms with Crippen LogP contribution in [0.1, 0.15) is 31.6 Å². The van der Waals surface area contributed by atoms with Crippen LogP contribution in [0.15, 0.2) is 9.59 Å². The maximum absolute atomic E-state index is 12.1. The molecule has 7 heteroatoms. The van der Waals surface area contributed by atoms with Crippen LogP contribution in [0.3, 0.4) is 0 Å². The van der Waals surface area contributed by atoms with Crippen molar-refractivity contribution in [3.8, 4) is 0 Å². The van der Waals surface area contributed by atoms with Gasteiger partial charge < -0.3 is 10.3 Å². The lowest BCUT2D eigenvalue weighted by Gasteiger charge is -2.05. The Kier molecular flexibility index (Phi) is 2.78. The van der Waals surface area contributed by atoms with E-state index in [4.69, 9.17) is 0 Å². The van der Waals surface area contributed by atoms with Crippen LogP contribution in [-0.2, 0) is 13.6 Å². The molecule has 0 spiro atoms. The standard InChI is InChI=1S/C12H17N5O2/c1-3-17-10-8(11(18)16(2)12(17)19)14-9(15-10)7-5-4-6-13-7/h7,13H,3-6H2,1-2H3,(H,14,15). The third kappa shape index (κ3) is 1.73. The van der Waals surface area contributed by atoms with Crippen LogP contribution in [0.25, 0.3) is 11.2 Å². The second-order valence-corrected chi connectivity index (χ2v) is 4.86. The first kappa shape index (κ1) is 12.2. The molecular weight excluding hydrogens is 246 g/mol. The molecule has 0 bridgehead atoms. The van der Waals surface area contributed by atoms with Crippen LogP contribution in [0.5, 0.6) is 0 Å². The number of hydrogen-bond acceptors (Lipinski definition) is 4. The SMILES string of the molecule is CCn1c(=O)n(C)c(=O)c2[nH]c(C3CCCN3)nc21. The van der Waals surface area contributed by atoms with Crippen LogP contribution in [0, 0.1) is 0 Å². The molecule has 2 aromatic heterocycles. The fraction of sp³-hybridized carbons (Fsp3) is 0.583. The predicted octanol–water partition coefficient (Wildman–Crippen LogP) is -0.132. The van der Waals surface area contributed by atoms with Gasteiger partial charge in [0.1, 0.15) is 11.3 Å². The fourth-order valence-electron chi connectivity index (χ4n) is 2.62. The molecular formula is C12H17N5O2.